The van der Waals surface area contributed by atoms with E-state index in [0.717, 1.165) is 10.2 Å². The summed E-state index contributed by atoms with van der Waals surface area (Å²) in [4.78, 5) is 47.1. The van der Waals surface area contributed by atoms with Gasteiger partial charge in [0.15, 0.2) is 5.13 Å². The number of benzene rings is 2. The monoisotopic (exact) mass is 486 g/mol. The molecular formula is C24H27ClN4O3S. The quantitative estimate of drug-likeness (QED) is 0.488. The summed E-state index contributed by atoms with van der Waals surface area (Å²) in [5, 5.41) is 0.658. The van der Waals surface area contributed by atoms with Crippen molar-refractivity contribution in [1.82, 2.24) is 9.88 Å². The van der Waals surface area contributed by atoms with Gasteiger partial charge in [0.05, 0.1) is 15.9 Å². The van der Waals surface area contributed by atoms with E-state index in [0.29, 0.717) is 29.5 Å². The summed E-state index contributed by atoms with van der Waals surface area (Å²) in [5.74, 6) is -0.575. The molecule has 3 aromatic rings. The lowest BCUT2D eigenvalue weighted by atomic mass is 10.1. The lowest BCUT2D eigenvalue weighted by molar-refractivity contribution is -0.121. The largest absolute Gasteiger partial charge is 0.308 e. The van der Waals surface area contributed by atoms with E-state index in [2.05, 4.69) is 26.0 Å². The van der Waals surface area contributed by atoms with E-state index in [-0.39, 0.29) is 43.0 Å². The topological polar surface area (TPSA) is 73.8 Å². The lowest BCUT2D eigenvalue weighted by Crippen LogP contribution is -2.36. The van der Waals surface area contributed by atoms with Crippen molar-refractivity contribution in [3.8, 4) is 0 Å². The summed E-state index contributed by atoms with van der Waals surface area (Å²) in [7, 11) is 3.93. The second-order valence-electron chi connectivity index (χ2n) is 8.33. The lowest BCUT2D eigenvalue weighted by Gasteiger charge is -2.22. The molecule has 1 aromatic heterocycles. The number of amides is 3. The zero-order valence-corrected chi connectivity index (χ0v) is 20.8. The predicted molar refractivity (Wildman–Crippen MR) is 135 cm³/mol. The summed E-state index contributed by atoms with van der Waals surface area (Å²) >= 11 is 1.50. The third kappa shape index (κ3) is 5.08. The van der Waals surface area contributed by atoms with Crippen LogP contribution < -0.4 is 9.80 Å². The van der Waals surface area contributed by atoms with Crippen LogP contribution >= 0.6 is 23.7 Å². The highest BCUT2D eigenvalue weighted by atomic mass is 35.5. The Balaban J connectivity index is 0.00000306. The van der Waals surface area contributed by atoms with Gasteiger partial charge in [-0.1, -0.05) is 11.3 Å². The molecule has 1 fully saturated rings. The van der Waals surface area contributed by atoms with Crippen molar-refractivity contribution in [2.75, 3.05) is 37.0 Å². The van der Waals surface area contributed by atoms with Gasteiger partial charge in [-0.3, -0.25) is 24.2 Å². The van der Waals surface area contributed by atoms with Crippen molar-refractivity contribution in [3.05, 3.63) is 53.1 Å². The van der Waals surface area contributed by atoms with Gasteiger partial charge >= 0.3 is 0 Å². The first-order valence-electron chi connectivity index (χ1n) is 10.5. The van der Waals surface area contributed by atoms with E-state index < -0.39 is 0 Å². The minimum absolute atomic E-state index is 0. The van der Waals surface area contributed by atoms with E-state index in [9.17, 15) is 14.4 Å². The minimum Gasteiger partial charge on any atom is -0.308 e. The number of hydrogen-bond acceptors (Lipinski definition) is 6. The van der Waals surface area contributed by atoms with Crippen molar-refractivity contribution in [2.45, 2.75) is 26.7 Å². The number of anilines is 2. The highest BCUT2D eigenvalue weighted by molar-refractivity contribution is 7.22. The molecule has 3 amide bonds. The maximum absolute atomic E-state index is 13.5. The van der Waals surface area contributed by atoms with E-state index >= 15 is 0 Å². The van der Waals surface area contributed by atoms with E-state index in [1.807, 2.05) is 19.0 Å². The molecule has 9 heteroatoms. The fourth-order valence-corrected chi connectivity index (χ4v) is 4.71. The molecule has 0 N–H and O–H groups in total. The SMILES string of the molecule is Cc1cc2nc(N(CCN(C)C)C(=O)c3ccc(N4C(=O)CCC4=O)cc3)sc2cc1C.Cl. The van der Waals surface area contributed by atoms with Crippen LogP contribution in [0.4, 0.5) is 10.8 Å². The van der Waals surface area contributed by atoms with Crippen molar-refractivity contribution < 1.29 is 14.4 Å². The molecule has 2 heterocycles. The Bertz CT molecular complexity index is 1150. The second-order valence-corrected chi connectivity index (χ2v) is 9.34. The molecule has 0 spiro atoms. The number of rotatable bonds is 6. The molecule has 33 heavy (non-hydrogen) atoms. The molecule has 4 rings (SSSR count). The first-order chi connectivity index (χ1) is 15.2. The first-order valence-corrected chi connectivity index (χ1v) is 11.4. The number of carbonyl (C=O) groups excluding carboxylic acids is 3. The second kappa shape index (κ2) is 9.99. The van der Waals surface area contributed by atoms with E-state index in [4.69, 9.17) is 4.98 Å². The molecule has 1 aliphatic rings. The van der Waals surface area contributed by atoms with Gasteiger partial charge in [0.25, 0.3) is 5.91 Å². The van der Waals surface area contributed by atoms with Crippen molar-refractivity contribution in [2.24, 2.45) is 0 Å². The van der Waals surface area contributed by atoms with E-state index in [1.54, 1.807) is 29.2 Å². The smallest absolute Gasteiger partial charge is 0.260 e. The molecule has 2 aromatic carbocycles. The number of fused-ring (bicyclic) bond motifs is 1. The number of aryl methyl sites for hydroxylation is 2. The van der Waals surface area contributed by atoms with Gasteiger partial charge in [0.1, 0.15) is 0 Å². The van der Waals surface area contributed by atoms with Crippen molar-refractivity contribution in [1.29, 1.82) is 0 Å². The number of hydrogen-bond donors (Lipinski definition) is 0. The molecule has 0 bridgehead atoms. The summed E-state index contributed by atoms with van der Waals surface area (Å²) in [6.07, 6.45) is 0.461. The van der Waals surface area contributed by atoms with E-state index in [1.165, 1.54) is 27.4 Å². The van der Waals surface area contributed by atoms with Crippen LogP contribution in [0.1, 0.15) is 34.3 Å². The van der Waals surface area contributed by atoms with Gasteiger partial charge in [0.2, 0.25) is 11.8 Å². The first kappa shape index (κ1) is 24.8. The summed E-state index contributed by atoms with van der Waals surface area (Å²) in [6.45, 7) is 5.31. The zero-order valence-electron chi connectivity index (χ0n) is 19.1. The van der Waals surface area contributed by atoms with Crippen molar-refractivity contribution in [3.63, 3.8) is 0 Å². The van der Waals surface area contributed by atoms with Crippen molar-refractivity contribution >= 4 is 62.5 Å². The van der Waals surface area contributed by atoms with Crippen LogP contribution in [0, 0.1) is 13.8 Å². The number of likely N-dealkylation sites (N-methyl/N-ethyl adjacent to an activating group) is 1. The van der Waals surface area contributed by atoms with Gasteiger partial charge in [0, 0.05) is 31.5 Å². The Morgan fingerprint density at radius 2 is 1.61 bits per heavy atom. The average molecular weight is 487 g/mol. The summed E-state index contributed by atoms with van der Waals surface area (Å²) < 4.78 is 1.05. The van der Waals surface area contributed by atoms with Crippen LogP contribution in [0.15, 0.2) is 36.4 Å². The number of carbonyl (C=O) groups is 3. The maximum atomic E-state index is 13.5. The molecule has 0 radical (unpaired) electrons. The Kier molecular flexibility index (Phi) is 7.51. The Hall–Kier alpha value is -2.81. The van der Waals surface area contributed by atoms with Gasteiger partial charge in [-0.15, -0.1) is 12.4 Å². The van der Waals surface area contributed by atoms with Gasteiger partial charge in [-0.2, -0.15) is 0 Å². The molecule has 0 atom stereocenters. The fourth-order valence-electron chi connectivity index (χ4n) is 3.64. The molecule has 1 aliphatic heterocycles. The number of thiazole rings is 1. The third-order valence-corrected chi connectivity index (χ3v) is 6.70. The number of nitrogens with zero attached hydrogens (tertiary/aromatic N) is 4. The molecule has 0 saturated carbocycles. The van der Waals surface area contributed by atoms with Gasteiger partial charge in [-0.25, -0.2) is 4.98 Å². The normalized spacial score (nSPS) is 13.7. The highest BCUT2D eigenvalue weighted by Gasteiger charge is 2.30. The number of halogens is 1. The minimum atomic E-state index is -0.207. The zero-order chi connectivity index (χ0) is 23.0. The summed E-state index contributed by atoms with van der Waals surface area (Å²) in [6, 6.07) is 10.8. The molecule has 0 unspecified atom stereocenters. The molecular weight excluding hydrogens is 460 g/mol. The fraction of sp³-hybridized carbons (Fsp3) is 0.333. The molecule has 7 nitrogen and oxygen atoms in total. The Morgan fingerprint density at radius 3 is 2.21 bits per heavy atom. The molecule has 0 aliphatic carbocycles. The van der Waals surface area contributed by atoms with Crippen LogP contribution in [0.3, 0.4) is 0 Å². The van der Waals surface area contributed by atoms with Gasteiger partial charge in [-0.05, 0) is 75.5 Å². The molecule has 174 valence electrons. The maximum Gasteiger partial charge on any atom is 0.260 e. The van der Waals surface area contributed by atoms with Crippen LogP contribution in [-0.4, -0.2) is 54.8 Å². The Morgan fingerprint density at radius 1 is 1.00 bits per heavy atom. The third-order valence-electron chi connectivity index (χ3n) is 5.66. The predicted octanol–water partition coefficient (Wildman–Crippen LogP) is 4.20. The highest BCUT2D eigenvalue weighted by Crippen LogP contribution is 2.32. The van der Waals surface area contributed by atoms with Crippen LogP contribution in [0.2, 0.25) is 0 Å². The standard InChI is InChI=1S/C24H26N4O3S.ClH/c1-15-13-19-20(14-16(15)2)32-24(25-19)27(12-11-26(3)4)23(31)17-5-7-18(8-6-17)28-21(29)9-10-22(28)30;/h5-8,13-14H,9-12H2,1-4H3;1H. The number of imide groups is 1. The van der Waals surface area contributed by atoms with Crippen LogP contribution in [0.25, 0.3) is 10.2 Å². The Labute approximate surface area is 203 Å². The van der Waals surface area contributed by atoms with Gasteiger partial charge < -0.3 is 4.90 Å². The molecule has 1 saturated heterocycles. The summed E-state index contributed by atoms with van der Waals surface area (Å²) in [5.41, 5.74) is 4.23. The van der Waals surface area contributed by atoms with Crippen LogP contribution in [0.5, 0.6) is 0 Å². The number of aromatic nitrogens is 1. The van der Waals surface area contributed by atoms with Crippen LogP contribution in [-0.2, 0) is 9.59 Å². The average Bonchev–Trinajstić information content (AvgIpc) is 3.30.